The Bertz CT molecular complexity index is 1030. The van der Waals surface area contributed by atoms with E-state index in [1.807, 2.05) is 0 Å². The standard InChI is InChI=1S/C20H26N4O9/c21-17-10(11-4-2-1-3-5-22-11)7-24(19(29)23-17)18-16(15(28)14(9-26)31-18)33-20(30)6-12(27)13(8-25)32-20/h1-5,7,12-16,18,22,25-28,30H,6,8-9H2,(H2,21,23,29)/t12-,13+,14+,15-,16+,18+,20-/m0/s1. The SMILES string of the molecule is Nc1nc(=O)n([C@@H]2O[C@H](CO)[C@H](O)[C@H]2O[C@]2(O)C[C@H](O)[C@@H](CO)O2)cc1C1=CC=CC=CN1. The molecule has 4 heterocycles. The van der Waals surface area contributed by atoms with Gasteiger partial charge in [0.2, 0.25) is 0 Å². The second kappa shape index (κ2) is 9.32. The minimum Gasteiger partial charge on any atom is -0.394 e. The Labute approximate surface area is 187 Å². The van der Waals surface area contributed by atoms with Crippen molar-refractivity contribution in [2.75, 3.05) is 18.9 Å². The minimum atomic E-state index is -2.38. The lowest BCUT2D eigenvalue weighted by molar-refractivity contribution is -0.376. The Hall–Kier alpha value is -2.62. The van der Waals surface area contributed by atoms with Gasteiger partial charge in [-0.3, -0.25) is 4.57 Å². The van der Waals surface area contributed by atoms with Crippen LogP contribution in [0, 0.1) is 0 Å². The molecule has 0 aromatic carbocycles. The van der Waals surface area contributed by atoms with Gasteiger partial charge >= 0.3 is 5.69 Å². The van der Waals surface area contributed by atoms with E-state index >= 15 is 0 Å². The second-order valence-electron chi connectivity index (χ2n) is 7.84. The Kier molecular flexibility index (Phi) is 6.65. The fourth-order valence-corrected chi connectivity index (χ4v) is 3.92. The van der Waals surface area contributed by atoms with E-state index < -0.39 is 68.0 Å². The first-order valence-corrected chi connectivity index (χ1v) is 10.3. The van der Waals surface area contributed by atoms with Gasteiger partial charge in [0.15, 0.2) is 6.23 Å². The molecule has 2 saturated heterocycles. The van der Waals surface area contributed by atoms with E-state index in [9.17, 15) is 30.3 Å². The molecule has 0 amide bonds. The highest BCUT2D eigenvalue weighted by Gasteiger charge is 2.53. The third kappa shape index (κ3) is 4.58. The molecule has 33 heavy (non-hydrogen) atoms. The number of nitrogen functional groups attached to an aromatic ring is 1. The molecule has 0 unspecified atom stereocenters. The molecule has 0 saturated carbocycles. The average molecular weight is 466 g/mol. The minimum absolute atomic E-state index is 0.0555. The van der Waals surface area contributed by atoms with Gasteiger partial charge in [-0.2, -0.15) is 4.98 Å². The van der Waals surface area contributed by atoms with Gasteiger partial charge in [-0.1, -0.05) is 12.2 Å². The van der Waals surface area contributed by atoms with Gasteiger partial charge in [0.25, 0.3) is 5.97 Å². The monoisotopic (exact) mass is 466 g/mol. The zero-order valence-electron chi connectivity index (χ0n) is 17.4. The van der Waals surface area contributed by atoms with Crippen molar-refractivity contribution in [2.45, 2.75) is 49.1 Å². The third-order valence-electron chi connectivity index (χ3n) is 5.59. The molecule has 0 bridgehead atoms. The topological polar surface area (TPSA) is 202 Å². The number of nitrogens with two attached hydrogens (primary N) is 1. The van der Waals surface area contributed by atoms with Crippen LogP contribution in [-0.2, 0) is 14.2 Å². The lowest BCUT2D eigenvalue weighted by atomic mass is 10.1. The first kappa shape index (κ1) is 23.5. The lowest BCUT2D eigenvalue weighted by Gasteiger charge is -2.30. The van der Waals surface area contributed by atoms with Gasteiger partial charge in [-0.05, 0) is 12.2 Å². The molecular weight excluding hydrogens is 440 g/mol. The number of anilines is 1. The number of aliphatic hydroxyl groups is 5. The summed E-state index contributed by atoms with van der Waals surface area (Å²) in [5.41, 5.74) is 6.01. The number of hydrogen-bond acceptors (Lipinski definition) is 12. The van der Waals surface area contributed by atoms with Crippen LogP contribution in [0.5, 0.6) is 0 Å². The molecule has 8 N–H and O–H groups in total. The maximum absolute atomic E-state index is 12.7. The summed E-state index contributed by atoms with van der Waals surface area (Å²) < 4.78 is 17.4. The molecule has 0 aliphatic carbocycles. The van der Waals surface area contributed by atoms with Gasteiger partial charge in [-0.25, -0.2) is 4.79 Å². The van der Waals surface area contributed by atoms with Crippen LogP contribution in [0.15, 0.2) is 41.5 Å². The van der Waals surface area contributed by atoms with E-state index in [1.54, 1.807) is 30.5 Å². The maximum Gasteiger partial charge on any atom is 0.351 e. The predicted octanol–water partition coefficient (Wildman–Crippen LogP) is -2.74. The van der Waals surface area contributed by atoms with Crippen LogP contribution in [0.3, 0.4) is 0 Å². The number of ether oxygens (including phenoxy) is 3. The summed E-state index contributed by atoms with van der Waals surface area (Å²) in [5, 5.41) is 53.2. The molecule has 3 aliphatic heterocycles. The summed E-state index contributed by atoms with van der Waals surface area (Å²) >= 11 is 0. The molecule has 2 fully saturated rings. The highest BCUT2D eigenvalue weighted by Crippen LogP contribution is 2.38. The largest absolute Gasteiger partial charge is 0.394 e. The third-order valence-corrected chi connectivity index (χ3v) is 5.59. The molecule has 0 radical (unpaired) electrons. The van der Waals surface area contributed by atoms with Crippen LogP contribution in [-0.4, -0.2) is 84.8 Å². The second-order valence-corrected chi connectivity index (χ2v) is 7.84. The van der Waals surface area contributed by atoms with Crippen molar-refractivity contribution >= 4 is 11.5 Å². The van der Waals surface area contributed by atoms with Gasteiger partial charge in [0.1, 0.15) is 30.2 Å². The first-order valence-electron chi connectivity index (χ1n) is 10.3. The fraction of sp³-hybridized carbons (Fsp3) is 0.500. The van der Waals surface area contributed by atoms with Crippen molar-refractivity contribution in [3.05, 3.63) is 52.7 Å². The highest BCUT2D eigenvalue weighted by molar-refractivity contribution is 5.73. The molecular formula is C20H26N4O9. The van der Waals surface area contributed by atoms with E-state index in [0.717, 1.165) is 4.57 Å². The van der Waals surface area contributed by atoms with Gasteiger partial charge in [-0.15, -0.1) is 0 Å². The van der Waals surface area contributed by atoms with Gasteiger partial charge in [0.05, 0.1) is 37.0 Å². The number of aliphatic hydroxyl groups excluding tert-OH is 4. The van der Waals surface area contributed by atoms with Crippen molar-refractivity contribution in [3.8, 4) is 0 Å². The van der Waals surface area contributed by atoms with Gasteiger partial charge < -0.3 is 50.8 Å². The van der Waals surface area contributed by atoms with Crippen molar-refractivity contribution in [1.29, 1.82) is 0 Å². The Morgan fingerprint density at radius 1 is 1.24 bits per heavy atom. The lowest BCUT2D eigenvalue weighted by Crippen LogP contribution is -2.46. The van der Waals surface area contributed by atoms with E-state index in [1.165, 1.54) is 6.20 Å². The number of aromatic nitrogens is 2. The van der Waals surface area contributed by atoms with E-state index in [4.69, 9.17) is 19.9 Å². The summed E-state index contributed by atoms with van der Waals surface area (Å²) in [5.74, 6) is -2.43. The average Bonchev–Trinajstić information content (AvgIpc) is 3.09. The summed E-state index contributed by atoms with van der Waals surface area (Å²) in [7, 11) is 0. The van der Waals surface area contributed by atoms with Crippen molar-refractivity contribution < 1.29 is 39.7 Å². The molecule has 1 aromatic rings. The van der Waals surface area contributed by atoms with E-state index in [2.05, 4.69) is 10.3 Å². The number of rotatable bonds is 6. The fourth-order valence-electron chi connectivity index (χ4n) is 3.92. The summed E-state index contributed by atoms with van der Waals surface area (Å²) in [6.07, 6.45) is 1.86. The Morgan fingerprint density at radius 2 is 2.00 bits per heavy atom. The quantitative estimate of drug-likeness (QED) is 0.214. The molecule has 13 nitrogen and oxygen atoms in total. The molecule has 0 spiro atoms. The molecule has 180 valence electrons. The highest BCUT2D eigenvalue weighted by atomic mass is 16.8. The van der Waals surface area contributed by atoms with Crippen LogP contribution < -0.4 is 16.7 Å². The van der Waals surface area contributed by atoms with E-state index in [0.29, 0.717) is 11.3 Å². The van der Waals surface area contributed by atoms with E-state index in [-0.39, 0.29) is 5.82 Å². The zero-order chi connectivity index (χ0) is 23.8. The van der Waals surface area contributed by atoms with Crippen LogP contribution in [0.2, 0.25) is 0 Å². The number of nitrogens with zero attached hydrogens (tertiary/aromatic N) is 2. The number of nitrogens with one attached hydrogen (secondary N) is 1. The summed E-state index contributed by atoms with van der Waals surface area (Å²) in [6, 6.07) is 0. The Balaban J connectivity index is 1.69. The molecule has 3 aliphatic rings. The smallest absolute Gasteiger partial charge is 0.351 e. The van der Waals surface area contributed by atoms with Crippen molar-refractivity contribution in [1.82, 2.24) is 14.9 Å². The summed E-state index contributed by atoms with van der Waals surface area (Å²) in [4.78, 5) is 16.5. The molecule has 7 atom stereocenters. The van der Waals surface area contributed by atoms with Crippen LogP contribution in [0.4, 0.5) is 5.82 Å². The normalized spacial score (nSPS) is 36.0. The van der Waals surface area contributed by atoms with Crippen molar-refractivity contribution in [2.24, 2.45) is 0 Å². The maximum atomic E-state index is 12.7. The molecule has 1 aromatic heterocycles. The van der Waals surface area contributed by atoms with Gasteiger partial charge in [0, 0.05) is 12.4 Å². The van der Waals surface area contributed by atoms with Crippen LogP contribution >= 0.6 is 0 Å². The predicted molar refractivity (Wildman–Crippen MR) is 112 cm³/mol. The summed E-state index contributed by atoms with van der Waals surface area (Å²) in [6.45, 7) is -1.18. The first-order chi connectivity index (χ1) is 15.8. The van der Waals surface area contributed by atoms with Crippen LogP contribution in [0.1, 0.15) is 18.2 Å². The number of hydrogen-bond donors (Lipinski definition) is 7. The zero-order valence-corrected chi connectivity index (χ0v) is 17.4. The van der Waals surface area contributed by atoms with Crippen molar-refractivity contribution in [3.63, 3.8) is 0 Å². The van der Waals surface area contributed by atoms with Crippen LogP contribution in [0.25, 0.3) is 5.70 Å². The molecule has 13 heteroatoms. The number of allylic oxidation sites excluding steroid dienone is 4. The molecule has 4 rings (SSSR count). The Morgan fingerprint density at radius 3 is 2.70 bits per heavy atom.